The van der Waals surface area contributed by atoms with Crippen molar-refractivity contribution < 1.29 is 24.0 Å². The first-order chi connectivity index (χ1) is 4.43. The molecule has 0 fully saturated rings. The quantitative estimate of drug-likeness (QED) is 0.368. The van der Waals surface area contributed by atoms with Crippen molar-refractivity contribution in [1.82, 2.24) is 0 Å². The fourth-order valence-electron chi connectivity index (χ4n) is 0.700. The van der Waals surface area contributed by atoms with Crippen LogP contribution in [0.15, 0.2) is 43.0 Å². The minimum absolute atomic E-state index is 0. The number of rotatable bonds is 2. The minimum Gasteiger partial charge on any atom is -1.00 e. The summed E-state index contributed by atoms with van der Waals surface area (Å²) in [5.41, 5.74) is 1.20. The molecule has 0 bridgehead atoms. The maximum absolute atomic E-state index is 3.60. The summed E-state index contributed by atoms with van der Waals surface area (Å²) in [5.74, 6) is 0. The second-order valence-electron chi connectivity index (χ2n) is 1.81. The van der Waals surface area contributed by atoms with Gasteiger partial charge < -0.3 is 24.0 Å². The fourth-order valence-corrected chi connectivity index (χ4v) is 0.700. The maximum atomic E-state index is 3.60. The molecule has 0 saturated carbocycles. The Morgan fingerprint density at radius 1 is 1.18 bits per heavy atom. The SMILES string of the molecule is C=C[CH-]c1ccccc1.[I-].[Mg+2]. The second kappa shape index (κ2) is 8.42. The monoisotopic (exact) mass is 268 g/mol. The molecule has 54 valence electrons. The van der Waals surface area contributed by atoms with E-state index in [1.165, 1.54) is 5.56 Å². The van der Waals surface area contributed by atoms with Gasteiger partial charge in [-0.05, 0) is 0 Å². The Hall–Kier alpha value is 0.326. The van der Waals surface area contributed by atoms with E-state index >= 15 is 0 Å². The van der Waals surface area contributed by atoms with Crippen molar-refractivity contribution >= 4 is 23.1 Å². The van der Waals surface area contributed by atoms with Gasteiger partial charge in [0.2, 0.25) is 0 Å². The molecule has 0 nitrogen and oxygen atoms in total. The van der Waals surface area contributed by atoms with Crippen molar-refractivity contribution in [3.63, 3.8) is 0 Å². The molecule has 0 aliphatic heterocycles. The topological polar surface area (TPSA) is 0 Å². The van der Waals surface area contributed by atoms with E-state index in [0.29, 0.717) is 0 Å². The van der Waals surface area contributed by atoms with E-state index in [4.69, 9.17) is 0 Å². The zero-order valence-electron chi connectivity index (χ0n) is 6.33. The molecule has 0 aliphatic rings. The van der Waals surface area contributed by atoms with Gasteiger partial charge in [-0.15, -0.1) is 36.2 Å². The first-order valence-corrected chi connectivity index (χ1v) is 2.94. The summed E-state index contributed by atoms with van der Waals surface area (Å²) < 4.78 is 0. The van der Waals surface area contributed by atoms with Crippen LogP contribution in [0.4, 0.5) is 0 Å². The van der Waals surface area contributed by atoms with Crippen LogP contribution in [0.1, 0.15) is 5.56 Å². The predicted molar refractivity (Wildman–Crippen MR) is 45.8 cm³/mol. The molecule has 0 amide bonds. The van der Waals surface area contributed by atoms with E-state index in [1.807, 2.05) is 36.8 Å². The van der Waals surface area contributed by atoms with E-state index in [1.54, 1.807) is 6.08 Å². The second-order valence-corrected chi connectivity index (χ2v) is 1.81. The Labute approximate surface area is 101 Å². The van der Waals surface area contributed by atoms with Gasteiger partial charge in [0.1, 0.15) is 0 Å². The molecule has 0 N–H and O–H groups in total. The van der Waals surface area contributed by atoms with Crippen LogP contribution in [0.25, 0.3) is 0 Å². The van der Waals surface area contributed by atoms with Gasteiger partial charge >= 0.3 is 23.1 Å². The van der Waals surface area contributed by atoms with Crippen LogP contribution in [0.3, 0.4) is 0 Å². The largest absolute Gasteiger partial charge is 2.00 e. The van der Waals surface area contributed by atoms with E-state index in [-0.39, 0.29) is 47.0 Å². The molecule has 11 heavy (non-hydrogen) atoms. The van der Waals surface area contributed by atoms with Crippen LogP contribution in [0.2, 0.25) is 0 Å². The summed E-state index contributed by atoms with van der Waals surface area (Å²) in [6.07, 6.45) is 3.76. The number of benzene rings is 1. The Morgan fingerprint density at radius 2 is 1.73 bits per heavy atom. The molecule has 1 rings (SSSR count). The first kappa shape index (κ1) is 13.9. The zero-order valence-corrected chi connectivity index (χ0v) is 9.91. The number of halogens is 1. The van der Waals surface area contributed by atoms with Gasteiger partial charge in [0.25, 0.3) is 0 Å². The van der Waals surface area contributed by atoms with E-state index < -0.39 is 0 Å². The van der Waals surface area contributed by atoms with Crippen molar-refractivity contribution in [1.29, 1.82) is 0 Å². The van der Waals surface area contributed by atoms with Crippen molar-refractivity contribution in [2.24, 2.45) is 0 Å². The molecule has 1 aromatic rings. The standard InChI is InChI=1S/C9H9.HI.Mg/c1-2-6-9-7-4-3-5-8-9;;/h2-8H,1H2;1H;/q-1;;+2/p-1. The average Bonchev–Trinajstić information content (AvgIpc) is 1.91. The van der Waals surface area contributed by atoms with Crippen molar-refractivity contribution in [2.45, 2.75) is 0 Å². The third-order valence-corrected chi connectivity index (χ3v) is 1.11. The maximum Gasteiger partial charge on any atom is 2.00 e. The van der Waals surface area contributed by atoms with Crippen LogP contribution < -0.4 is 24.0 Å². The average molecular weight is 268 g/mol. The molecule has 0 aliphatic carbocycles. The predicted octanol–water partition coefficient (Wildman–Crippen LogP) is -0.952. The third-order valence-electron chi connectivity index (χ3n) is 1.11. The molecule has 0 spiro atoms. The summed E-state index contributed by atoms with van der Waals surface area (Å²) >= 11 is 0. The normalized spacial score (nSPS) is 6.91. The van der Waals surface area contributed by atoms with Crippen LogP contribution in [0.5, 0.6) is 0 Å². The van der Waals surface area contributed by atoms with E-state index in [0.717, 1.165) is 0 Å². The van der Waals surface area contributed by atoms with Gasteiger partial charge in [0.15, 0.2) is 0 Å². The zero-order chi connectivity index (χ0) is 6.53. The number of allylic oxidation sites excluding steroid dienone is 1. The molecular formula is C9H9IMg. The summed E-state index contributed by atoms with van der Waals surface area (Å²) in [5, 5.41) is 0. The van der Waals surface area contributed by atoms with Crippen molar-refractivity contribution in [3.8, 4) is 0 Å². The fraction of sp³-hybridized carbons (Fsp3) is 0. The molecule has 0 radical (unpaired) electrons. The first-order valence-electron chi connectivity index (χ1n) is 2.94. The summed E-state index contributed by atoms with van der Waals surface area (Å²) in [4.78, 5) is 0. The molecular weight excluding hydrogens is 259 g/mol. The van der Waals surface area contributed by atoms with Gasteiger partial charge in [0.05, 0.1) is 0 Å². The minimum atomic E-state index is 0. The molecule has 0 aromatic heterocycles. The Balaban J connectivity index is 0. The van der Waals surface area contributed by atoms with E-state index in [2.05, 4.69) is 6.58 Å². The third kappa shape index (κ3) is 5.58. The summed E-state index contributed by atoms with van der Waals surface area (Å²) in [6, 6.07) is 10.1. The van der Waals surface area contributed by atoms with Gasteiger partial charge in [0, 0.05) is 0 Å². The number of hydrogen-bond donors (Lipinski definition) is 0. The Kier molecular flexibility index (Phi) is 10.6. The van der Waals surface area contributed by atoms with Gasteiger partial charge in [-0.2, -0.15) is 12.7 Å². The smallest absolute Gasteiger partial charge is 1.00 e. The van der Waals surface area contributed by atoms with Gasteiger partial charge in [-0.25, -0.2) is 0 Å². The Morgan fingerprint density at radius 3 is 2.18 bits per heavy atom. The number of hydrogen-bond acceptors (Lipinski definition) is 0. The molecule has 2 heteroatoms. The van der Waals surface area contributed by atoms with Crippen LogP contribution in [0, 0.1) is 6.42 Å². The molecule has 0 unspecified atom stereocenters. The van der Waals surface area contributed by atoms with Gasteiger partial charge in [-0.3, -0.25) is 0 Å². The van der Waals surface area contributed by atoms with Crippen molar-refractivity contribution in [3.05, 3.63) is 55.0 Å². The van der Waals surface area contributed by atoms with Crippen LogP contribution >= 0.6 is 0 Å². The summed E-state index contributed by atoms with van der Waals surface area (Å²) in [7, 11) is 0. The molecule has 0 heterocycles. The van der Waals surface area contributed by atoms with Crippen LogP contribution in [-0.2, 0) is 0 Å². The molecule has 0 saturated heterocycles. The molecule has 1 aromatic carbocycles. The Bertz CT molecular complexity index is 184. The van der Waals surface area contributed by atoms with Crippen molar-refractivity contribution in [2.75, 3.05) is 0 Å². The van der Waals surface area contributed by atoms with Crippen LogP contribution in [-0.4, -0.2) is 23.1 Å². The summed E-state index contributed by atoms with van der Waals surface area (Å²) in [6.45, 7) is 3.60. The van der Waals surface area contributed by atoms with E-state index in [9.17, 15) is 0 Å². The van der Waals surface area contributed by atoms with Gasteiger partial charge in [-0.1, -0.05) is 6.07 Å². The molecule has 0 atom stereocenters.